The lowest BCUT2D eigenvalue weighted by Gasteiger charge is -2.26. The van der Waals surface area contributed by atoms with Crippen molar-refractivity contribution < 1.29 is 14.3 Å². The van der Waals surface area contributed by atoms with Gasteiger partial charge in [-0.25, -0.2) is 0 Å². The van der Waals surface area contributed by atoms with Crippen molar-refractivity contribution in [3.63, 3.8) is 0 Å². The molecule has 0 fully saturated rings. The number of hydrogen-bond acceptors (Lipinski definition) is 3. The molecule has 0 unspecified atom stereocenters. The molecule has 120 valence electrons. The Balaban J connectivity index is 1.94. The maximum Gasteiger partial charge on any atom is 0.264 e. The third kappa shape index (κ3) is 3.59. The molecular formula is C17H24N2O3. The Morgan fingerprint density at radius 1 is 1.36 bits per heavy atom. The first-order chi connectivity index (χ1) is 10.6. The van der Waals surface area contributed by atoms with Crippen molar-refractivity contribution in [1.29, 1.82) is 0 Å². The van der Waals surface area contributed by atoms with Crippen LogP contribution in [0.4, 0.5) is 5.69 Å². The molecule has 0 aliphatic carbocycles. The first kappa shape index (κ1) is 16.3. The van der Waals surface area contributed by atoms with Gasteiger partial charge in [-0.1, -0.05) is 19.9 Å². The topological polar surface area (TPSA) is 58.6 Å². The van der Waals surface area contributed by atoms with E-state index in [1.807, 2.05) is 32.0 Å². The van der Waals surface area contributed by atoms with Gasteiger partial charge in [-0.05, 0) is 37.0 Å². The minimum absolute atomic E-state index is 0.0494. The number of hydrogen-bond donors (Lipinski definition) is 1. The first-order valence-electron chi connectivity index (χ1n) is 7.86. The maximum absolute atomic E-state index is 11.9. The normalized spacial score (nSPS) is 13.8. The van der Waals surface area contributed by atoms with Gasteiger partial charge in [0.15, 0.2) is 6.61 Å². The van der Waals surface area contributed by atoms with Crippen LogP contribution in [0.3, 0.4) is 0 Å². The summed E-state index contributed by atoms with van der Waals surface area (Å²) in [5.74, 6) is 0.901. The highest BCUT2D eigenvalue weighted by Gasteiger charge is 2.22. The fraction of sp³-hybridized carbons (Fsp3) is 0.529. The average Bonchev–Trinajstić information content (AvgIpc) is 2.52. The highest BCUT2D eigenvalue weighted by molar-refractivity contribution is 5.97. The Kier molecular flexibility index (Phi) is 5.41. The van der Waals surface area contributed by atoms with Gasteiger partial charge in [0.25, 0.3) is 5.91 Å². The van der Waals surface area contributed by atoms with Crippen LogP contribution in [0.1, 0.15) is 32.3 Å². The van der Waals surface area contributed by atoms with Crippen LogP contribution in [0.5, 0.6) is 5.75 Å². The average molecular weight is 304 g/mol. The molecule has 0 radical (unpaired) electrons. The number of rotatable bonds is 6. The first-order valence-corrected chi connectivity index (χ1v) is 7.86. The second kappa shape index (κ2) is 7.29. The second-order valence-electron chi connectivity index (χ2n) is 5.60. The van der Waals surface area contributed by atoms with E-state index < -0.39 is 0 Å². The van der Waals surface area contributed by atoms with Crippen LogP contribution in [0.2, 0.25) is 0 Å². The van der Waals surface area contributed by atoms with Crippen LogP contribution in [0.15, 0.2) is 18.2 Å². The Morgan fingerprint density at radius 2 is 2.09 bits per heavy atom. The fourth-order valence-corrected chi connectivity index (χ4v) is 2.61. The molecule has 0 spiro atoms. The van der Waals surface area contributed by atoms with Gasteiger partial charge in [0.1, 0.15) is 5.75 Å². The zero-order valence-electron chi connectivity index (χ0n) is 13.5. The monoisotopic (exact) mass is 304 g/mol. The van der Waals surface area contributed by atoms with Crippen LogP contribution >= 0.6 is 0 Å². The summed E-state index contributed by atoms with van der Waals surface area (Å²) >= 11 is 0. The van der Waals surface area contributed by atoms with E-state index in [0.717, 1.165) is 36.3 Å². The predicted molar refractivity (Wildman–Crippen MR) is 86.1 cm³/mol. The lowest BCUT2D eigenvalue weighted by Crippen LogP contribution is -2.35. The third-order valence-corrected chi connectivity index (χ3v) is 4.18. The number of nitrogens with zero attached hydrogens (tertiary/aromatic N) is 1. The number of amides is 2. The van der Waals surface area contributed by atoms with E-state index in [-0.39, 0.29) is 24.3 Å². The number of carbonyl (C=O) groups excluding carboxylic acids is 2. The number of nitrogens with one attached hydrogen (secondary N) is 1. The maximum atomic E-state index is 11.9. The third-order valence-electron chi connectivity index (χ3n) is 4.18. The highest BCUT2D eigenvalue weighted by atomic mass is 16.5. The van der Waals surface area contributed by atoms with Gasteiger partial charge < -0.3 is 15.0 Å². The van der Waals surface area contributed by atoms with Crippen molar-refractivity contribution in [2.75, 3.05) is 25.1 Å². The van der Waals surface area contributed by atoms with Crippen LogP contribution in [0.25, 0.3) is 0 Å². The Bertz CT molecular complexity index is 553. The molecule has 1 aromatic rings. The number of benzene rings is 1. The highest BCUT2D eigenvalue weighted by Crippen LogP contribution is 2.31. The van der Waals surface area contributed by atoms with Crippen molar-refractivity contribution in [1.82, 2.24) is 5.32 Å². The van der Waals surface area contributed by atoms with E-state index in [0.29, 0.717) is 6.54 Å². The zero-order chi connectivity index (χ0) is 16.1. The Labute approximate surface area is 131 Å². The van der Waals surface area contributed by atoms with Crippen LogP contribution < -0.4 is 15.0 Å². The second-order valence-corrected chi connectivity index (χ2v) is 5.60. The summed E-state index contributed by atoms with van der Waals surface area (Å²) in [6, 6.07) is 5.82. The van der Waals surface area contributed by atoms with Crippen molar-refractivity contribution in [3.8, 4) is 5.75 Å². The summed E-state index contributed by atoms with van der Waals surface area (Å²) < 4.78 is 5.40. The van der Waals surface area contributed by atoms with E-state index in [1.165, 1.54) is 0 Å². The number of likely N-dealkylation sites (N-methyl/N-ethyl adjacent to an activating group) is 1. The molecule has 0 aromatic heterocycles. The summed E-state index contributed by atoms with van der Waals surface area (Å²) in [7, 11) is 1.75. The van der Waals surface area contributed by atoms with Crippen LogP contribution in [-0.4, -0.2) is 32.0 Å². The summed E-state index contributed by atoms with van der Waals surface area (Å²) in [6.07, 6.45) is 2.47. The Hall–Kier alpha value is -2.04. The fourth-order valence-electron chi connectivity index (χ4n) is 2.61. The van der Waals surface area contributed by atoms with Crippen LogP contribution in [-0.2, 0) is 16.0 Å². The van der Waals surface area contributed by atoms with Crippen molar-refractivity contribution in [2.45, 2.75) is 33.1 Å². The molecule has 2 rings (SSSR count). The molecule has 2 amide bonds. The molecule has 5 heteroatoms. The molecular weight excluding hydrogens is 280 g/mol. The van der Waals surface area contributed by atoms with Gasteiger partial charge in [-0.2, -0.15) is 0 Å². The smallest absolute Gasteiger partial charge is 0.264 e. The lowest BCUT2D eigenvalue weighted by molar-refractivity contribution is -0.125. The molecule has 0 saturated carbocycles. The summed E-state index contributed by atoms with van der Waals surface area (Å²) in [4.78, 5) is 25.2. The molecule has 5 nitrogen and oxygen atoms in total. The summed E-state index contributed by atoms with van der Waals surface area (Å²) in [6.45, 7) is 4.76. The molecule has 0 bridgehead atoms. The molecule has 1 aromatic carbocycles. The number of anilines is 1. The number of ether oxygens (including phenoxy) is 1. The number of fused-ring (bicyclic) bond motifs is 1. The van der Waals surface area contributed by atoms with Crippen molar-refractivity contribution >= 4 is 17.5 Å². The summed E-state index contributed by atoms with van der Waals surface area (Å²) in [5, 5.41) is 2.98. The van der Waals surface area contributed by atoms with Crippen LogP contribution in [0, 0.1) is 5.92 Å². The summed E-state index contributed by atoms with van der Waals surface area (Å²) in [5.41, 5.74) is 1.87. The van der Waals surface area contributed by atoms with Crippen molar-refractivity contribution in [2.24, 2.45) is 5.92 Å². The van der Waals surface area contributed by atoms with Crippen molar-refractivity contribution in [3.05, 3.63) is 23.8 Å². The Morgan fingerprint density at radius 3 is 2.77 bits per heavy atom. The minimum Gasteiger partial charge on any atom is -0.482 e. The van der Waals surface area contributed by atoms with Gasteiger partial charge in [0.2, 0.25) is 5.91 Å². The largest absolute Gasteiger partial charge is 0.482 e. The number of carbonyl (C=O) groups is 2. The molecule has 1 aliphatic rings. The van der Waals surface area contributed by atoms with Gasteiger partial charge in [0.05, 0.1) is 5.69 Å². The van der Waals surface area contributed by atoms with Gasteiger partial charge in [-0.15, -0.1) is 0 Å². The van der Waals surface area contributed by atoms with E-state index in [9.17, 15) is 9.59 Å². The van der Waals surface area contributed by atoms with Gasteiger partial charge in [0, 0.05) is 19.5 Å². The molecule has 1 aliphatic heterocycles. The predicted octanol–water partition coefficient (Wildman–Crippen LogP) is 2.14. The minimum atomic E-state index is -0.0494. The SMILES string of the molecule is CCC(CC)C(=O)NCCc1ccc2c(c1)N(C)C(=O)CO2. The van der Waals surface area contributed by atoms with E-state index >= 15 is 0 Å². The molecule has 1 heterocycles. The van der Waals surface area contributed by atoms with Gasteiger partial charge >= 0.3 is 0 Å². The standard InChI is InChI=1S/C17H24N2O3/c1-4-13(5-2)17(21)18-9-8-12-6-7-15-14(10-12)19(3)16(20)11-22-15/h6-7,10,13H,4-5,8-9,11H2,1-3H3,(H,18,21). The molecule has 22 heavy (non-hydrogen) atoms. The van der Waals surface area contributed by atoms with E-state index in [1.54, 1.807) is 11.9 Å². The molecule has 1 N–H and O–H groups in total. The van der Waals surface area contributed by atoms with E-state index in [2.05, 4.69) is 5.32 Å². The van der Waals surface area contributed by atoms with Gasteiger partial charge in [-0.3, -0.25) is 9.59 Å². The lowest BCUT2D eigenvalue weighted by atomic mass is 10.0. The molecule has 0 saturated heterocycles. The zero-order valence-corrected chi connectivity index (χ0v) is 13.5. The molecule has 0 atom stereocenters. The van der Waals surface area contributed by atoms with E-state index in [4.69, 9.17) is 4.74 Å². The quantitative estimate of drug-likeness (QED) is 0.876.